The summed E-state index contributed by atoms with van der Waals surface area (Å²) in [6.45, 7) is 2.36. The maximum atomic E-state index is 3.44. The van der Waals surface area contributed by atoms with E-state index in [0.717, 1.165) is 12.0 Å². The first-order chi connectivity index (χ1) is 6.27. The van der Waals surface area contributed by atoms with Gasteiger partial charge in [0, 0.05) is 6.04 Å². The zero-order valence-electron chi connectivity index (χ0n) is 9.10. The van der Waals surface area contributed by atoms with Gasteiger partial charge in [0.2, 0.25) is 0 Å². The van der Waals surface area contributed by atoms with Gasteiger partial charge in [0.25, 0.3) is 0 Å². The van der Waals surface area contributed by atoms with E-state index < -0.39 is 0 Å². The Labute approximate surface area is 82.3 Å². The van der Waals surface area contributed by atoms with Gasteiger partial charge in [0.1, 0.15) is 0 Å². The standard InChI is InChI=1S/C12H23N/c1-10(13-2)12(7-8-12)9-11-5-3-4-6-11/h10-11,13H,3-9H2,1-2H3. The number of rotatable bonds is 4. The molecule has 2 rings (SSSR count). The van der Waals surface area contributed by atoms with Crippen LogP contribution in [0.1, 0.15) is 51.9 Å². The molecule has 2 fully saturated rings. The zero-order chi connectivity index (χ0) is 9.31. The summed E-state index contributed by atoms with van der Waals surface area (Å²) in [5.74, 6) is 1.07. The Morgan fingerprint density at radius 2 is 1.92 bits per heavy atom. The van der Waals surface area contributed by atoms with E-state index in [2.05, 4.69) is 19.3 Å². The molecule has 0 bridgehead atoms. The average molecular weight is 181 g/mol. The lowest BCUT2D eigenvalue weighted by Gasteiger charge is -2.25. The summed E-state index contributed by atoms with van der Waals surface area (Å²) in [7, 11) is 2.11. The van der Waals surface area contributed by atoms with E-state index in [1.165, 1.54) is 44.9 Å². The topological polar surface area (TPSA) is 12.0 Å². The van der Waals surface area contributed by atoms with E-state index in [1.807, 2.05) is 0 Å². The van der Waals surface area contributed by atoms with E-state index in [-0.39, 0.29) is 0 Å². The van der Waals surface area contributed by atoms with E-state index in [0.29, 0.717) is 5.41 Å². The summed E-state index contributed by atoms with van der Waals surface area (Å²) in [6.07, 6.45) is 10.5. The molecule has 2 aliphatic rings. The second kappa shape index (κ2) is 3.61. The Hall–Kier alpha value is -0.0400. The Bertz CT molecular complexity index is 166. The molecule has 0 aromatic heterocycles. The molecule has 1 atom stereocenters. The van der Waals surface area contributed by atoms with Gasteiger partial charge >= 0.3 is 0 Å². The third-order valence-electron chi connectivity index (χ3n) is 4.41. The smallest absolute Gasteiger partial charge is 0.00922 e. The summed E-state index contributed by atoms with van der Waals surface area (Å²) < 4.78 is 0. The molecule has 76 valence electrons. The first-order valence-electron chi connectivity index (χ1n) is 5.94. The van der Waals surface area contributed by atoms with Crippen molar-refractivity contribution in [1.29, 1.82) is 0 Å². The van der Waals surface area contributed by atoms with Crippen LogP contribution in [0.15, 0.2) is 0 Å². The third kappa shape index (κ3) is 1.90. The highest BCUT2D eigenvalue weighted by atomic mass is 14.9. The van der Waals surface area contributed by atoms with E-state index in [1.54, 1.807) is 0 Å². The fraction of sp³-hybridized carbons (Fsp3) is 1.00. The van der Waals surface area contributed by atoms with Crippen molar-refractivity contribution in [3.63, 3.8) is 0 Å². The molecule has 1 unspecified atom stereocenters. The molecule has 0 heterocycles. The SMILES string of the molecule is CNC(C)C1(CC2CCCC2)CC1. The van der Waals surface area contributed by atoms with Gasteiger partial charge in [0.05, 0.1) is 0 Å². The van der Waals surface area contributed by atoms with Crippen molar-refractivity contribution < 1.29 is 0 Å². The van der Waals surface area contributed by atoms with Crippen LogP contribution in [0.5, 0.6) is 0 Å². The largest absolute Gasteiger partial charge is 0.317 e. The maximum absolute atomic E-state index is 3.44. The lowest BCUT2D eigenvalue weighted by molar-refractivity contribution is 0.288. The molecule has 2 saturated carbocycles. The minimum absolute atomic E-state index is 0.712. The molecule has 1 heteroatoms. The van der Waals surface area contributed by atoms with Gasteiger partial charge in [-0.25, -0.2) is 0 Å². The highest BCUT2D eigenvalue weighted by Crippen LogP contribution is 2.55. The van der Waals surface area contributed by atoms with Crippen molar-refractivity contribution in [2.24, 2.45) is 11.3 Å². The molecule has 0 aliphatic heterocycles. The van der Waals surface area contributed by atoms with Crippen molar-refractivity contribution in [1.82, 2.24) is 5.32 Å². The Balaban J connectivity index is 1.85. The third-order valence-corrected chi connectivity index (χ3v) is 4.41. The second-order valence-corrected chi connectivity index (χ2v) is 5.23. The molecular weight excluding hydrogens is 158 g/mol. The number of hydrogen-bond donors (Lipinski definition) is 1. The van der Waals surface area contributed by atoms with Crippen LogP contribution in [0.4, 0.5) is 0 Å². The lowest BCUT2D eigenvalue weighted by atomic mass is 9.86. The molecule has 0 aromatic rings. The van der Waals surface area contributed by atoms with Crippen LogP contribution in [0.3, 0.4) is 0 Å². The predicted octanol–water partition coefficient (Wildman–Crippen LogP) is 2.95. The Kier molecular flexibility index (Phi) is 2.64. The molecule has 0 aromatic carbocycles. The summed E-state index contributed by atoms with van der Waals surface area (Å²) >= 11 is 0. The second-order valence-electron chi connectivity index (χ2n) is 5.23. The maximum Gasteiger partial charge on any atom is 0.00922 e. The fourth-order valence-corrected chi connectivity index (χ4v) is 3.07. The Morgan fingerprint density at radius 3 is 2.38 bits per heavy atom. The highest BCUT2D eigenvalue weighted by molar-refractivity contribution is 5.01. The molecule has 0 saturated heterocycles. The number of nitrogens with one attached hydrogen (secondary N) is 1. The first kappa shape index (κ1) is 9.51. The molecule has 1 nitrogen and oxygen atoms in total. The fourth-order valence-electron chi connectivity index (χ4n) is 3.07. The Morgan fingerprint density at radius 1 is 1.31 bits per heavy atom. The monoisotopic (exact) mass is 181 g/mol. The van der Waals surface area contributed by atoms with Crippen LogP contribution in [0.2, 0.25) is 0 Å². The van der Waals surface area contributed by atoms with Crippen LogP contribution in [0.25, 0.3) is 0 Å². The molecule has 0 spiro atoms. The van der Waals surface area contributed by atoms with Crippen LogP contribution in [-0.4, -0.2) is 13.1 Å². The van der Waals surface area contributed by atoms with Crippen molar-refractivity contribution in [2.75, 3.05) is 7.05 Å². The molecule has 0 radical (unpaired) electrons. The van der Waals surface area contributed by atoms with E-state index in [9.17, 15) is 0 Å². The van der Waals surface area contributed by atoms with Crippen LogP contribution in [-0.2, 0) is 0 Å². The summed E-state index contributed by atoms with van der Waals surface area (Å²) in [4.78, 5) is 0. The van der Waals surface area contributed by atoms with Crippen molar-refractivity contribution >= 4 is 0 Å². The predicted molar refractivity (Wildman–Crippen MR) is 56.8 cm³/mol. The molecule has 1 N–H and O–H groups in total. The van der Waals surface area contributed by atoms with Gasteiger partial charge in [0.15, 0.2) is 0 Å². The van der Waals surface area contributed by atoms with E-state index in [4.69, 9.17) is 0 Å². The zero-order valence-corrected chi connectivity index (χ0v) is 9.10. The summed E-state index contributed by atoms with van der Waals surface area (Å²) in [6, 6.07) is 0.744. The average Bonchev–Trinajstić information content (AvgIpc) is 2.73. The van der Waals surface area contributed by atoms with Gasteiger partial charge in [-0.3, -0.25) is 0 Å². The summed E-state index contributed by atoms with van der Waals surface area (Å²) in [5.41, 5.74) is 0.712. The minimum Gasteiger partial charge on any atom is -0.317 e. The normalized spacial score (nSPS) is 29.1. The van der Waals surface area contributed by atoms with E-state index >= 15 is 0 Å². The van der Waals surface area contributed by atoms with Crippen molar-refractivity contribution in [3.05, 3.63) is 0 Å². The molecule has 13 heavy (non-hydrogen) atoms. The first-order valence-corrected chi connectivity index (χ1v) is 5.94. The summed E-state index contributed by atoms with van der Waals surface area (Å²) in [5, 5.41) is 3.44. The lowest BCUT2D eigenvalue weighted by Crippen LogP contribution is -2.33. The number of hydrogen-bond acceptors (Lipinski definition) is 1. The van der Waals surface area contributed by atoms with Gasteiger partial charge in [-0.2, -0.15) is 0 Å². The molecule has 0 amide bonds. The van der Waals surface area contributed by atoms with Crippen LogP contribution >= 0.6 is 0 Å². The quantitative estimate of drug-likeness (QED) is 0.703. The minimum atomic E-state index is 0.712. The van der Waals surface area contributed by atoms with Gasteiger partial charge in [-0.15, -0.1) is 0 Å². The molecular formula is C12H23N. The van der Waals surface area contributed by atoms with Crippen LogP contribution < -0.4 is 5.32 Å². The van der Waals surface area contributed by atoms with Crippen molar-refractivity contribution in [2.45, 2.75) is 57.9 Å². The van der Waals surface area contributed by atoms with Gasteiger partial charge in [-0.05, 0) is 44.6 Å². The van der Waals surface area contributed by atoms with Gasteiger partial charge < -0.3 is 5.32 Å². The van der Waals surface area contributed by atoms with Crippen molar-refractivity contribution in [3.8, 4) is 0 Å². The van der Waals surface area contributed by atoms with Gasteiger partial charge in [-0.1, -0.05) is 25.7 Å². The highest BCUT2D eigenvalue weighted by Gasteiger charge is 2.47. The molecule has 2 aliphatic carbocycles. The van der Waals surface area contributed by atoms with Crippen LogP contribution in [0, 0.1) is 11.3 Å².